The first kappa shape index (κ1) is 16.1. The molecule has 22 heavy (non-hydrogen) atoms. The van der Waals surface area contributed by atoms with E-state index < -0.39 is 23.8 Å². The lowest BCUT2D eigenvalue weighted by molar-refractivity contribution is -0.144. The van der Waals surface area contributed by atoms with Crippen LogP contribution in [0.25, 0.3) is 0 Å². The molecule has 0 aromatic rings. The quantitative estimate of drug-likeness (QED) is 0.397. The molecule has 2 aliphatic heterocycles. The highest BCUT2D eigenvalue weighted by molar-refractivity contribution is 6.23. The number of barbiturate groups is 1. The summed E-state index contributed by atoms with van der Waals surface area (Å²) in [5.74, 6) is -2.00. The number of urea groups is 1. The largest absolute Gasteiger partial charge is 0.343 e. The standard InChI is InChI=1S/C14H20N4O4/c1-16-12(20)10(13(21)17(2)14(16)22)9-15-6-4-8-18-7-3-5-11(18)19/h9-10H,3-8H2,1-2H3. The van der Waals surface area contributed by atoms with Gasteiger partial charge in [-0.3, -0.25) is 29.2 Å². The lowest BCUT2D eigenvalue weighted by Gasteiger charge is -2.31. The summed E-state index contributed by atoms with van der Waals surface area (Å²) in [6, 6.07) is -0.632. The molecule has 8 heteroatoms. The van der Waals surface area contributed by atoms with Gasteiger partial charge in [-0.2, -0.15) is 0 Å². The Hall–Kier alpha value is -2.25. The minimum atomic E-state index is -1.04. The van der Waals surface area contributed by atoms with Gasteiger partial charge in [-0.1, -0.05) is 0 Å². The van der Waals surface area contributed by atoms with Gasteiger partial charge in [0.25, 0.3) is 0 Å². The van der Waals surface area contributed by atoms with E-state index in [-0.39, 0.29) is 5.91 Å². The van der Waals surface area contributed by atoms with Crippen LogP contribution < -0.4 is 0 Å². The normalized spacial score (nSPS) is 20.9. The van der Waals surface area contributed by atoms with E-state index in [9.17, 15) is 19.2 Å². The number of carbonyl (C=O) groups is 4. The molecule has 2 saturated heterocycles. The number of amides is 5. The Bertz CT molecular complexity index is 507. The van der Waals surface area contributed by atoms with Crippen molar-refractivity contribution in [3.05, 3.63) is 0 Å². The van der Waals surface area contributed by atoms with Crippen molar-refractivity contribution in [2.24, 2.45) is 10.9 Å². The van der Waals surface area contributed by atoms with Gasteiger partial charge in [0, 0.05) is 46.4 Å². The topological polar surface area (TPSA) is 90.4 Å². The van der Waals surface area contributed by atoms with Crippen molar-refractivity contribution < 1.29 is 19.2 Å². The molecular formula is C14H20N4O4. The molecule has 2 rings (SSSR count). The van der Waals surface area contributed by atoms with E-state index in [1.807, 2.05) is 0 Å². The maximum Gasteiger partial charge on any atom is 0.332 e. The second-order valence-corrected chi connectivity index (χ2v) is 5.45. The van der Waals surface area contributed by atoms with E-state index in [0.717, 1.165) is 22.8 Å². The fourth-order valence-corrected chi connectivity index (χ4v) is 2.54. The van der Waals surface area contributed by atoms with Crippen molar-refractivity contribution in [1.29, 1.82) is 0 Å². The van der Waals surface area contributed by atoms with Gasteiger partial charge in [-0.15, -0.1) is 0 Å². The van der Waals surface area contributed by atoms with Crippen molar-refractivity contribution in [2.75, 3.05) is 33.7 Å². The zero-order chi connectivity index (χ0) is 16.3. The fraction of sp³-hybridized carbons (Fsp3) is 0.643. The average Bonchev–Trinajstić information content (AvgIpc) is 2.91. The summed E-state index contributed by atoms with van der Waals surface area (Å²) in [4.78, 5) is 54.6. The minimum absolute atomic E-state index is 0.170. The van der Waals surface area contributed by atoms with Crippen LogP contribution in [0.15, 0.2) is 4.99 Å². The molecule has 0 aromatic carbocycles. The van der Waals surface area contributed by atoms with Gasteiger partial charge in [-0.25, -0.2) is 4.79 Å². The molecule has 0 N–H and O–H groups in total. The minimum Gasteiger partial charge on any atom is -0.343 e. The molecule has 2 aliphatic rings. The molecule has 5 amide bonds. The molecule has 0 spiro atoms. The highest BCUT2D eigenvalue weighted by atomic mass is 16.2. The molecule has 0 unspecified atom stereocenters. The van der Waals surface area contributed by atoms with Crippen LogP contribution in [0.1, 0.15) is 19.3 Å². The summed E-state index contributed by atoms with van der Waals surface area (Å²) in [6.45, 7) is 1.86. The van der Waals surface area contributed by atoms with E-state index in [4.69, 9.17) is 0 Å². The maximum absolute atomic E-state index is 11.9. The van der Waals surface area contributed by atoms with Crippen LogP contribution in [0.3, 0.4) is 0 Å². The Morgan fingerprint density at radius 1 is 1.14 bits per heavy atom. The van der Waals surface area contributed by atoms with Crippen molar-refractivity contribution >= 4 is 30.0 Å². The Morgan fingerprint density at radius 2 is 1.77 bits per heavy atom. The van der Waals surface area contributed by atoms with Gasteiger partial charge in [0.05, 0.1) is 0 Å². The molecule has 0 aromatic heterocycles. The number of aliphatic imine (C=N–C) groups is 1. The van der Waals surface area contributed by atoms with Crippen molar-refractivity contribution in [3.8, 4) is 0 Å². The van der Waals surface area contributed by atoms with Crippen molar-refractivity contribution in [2.45, 2.75) is 19.3 Å². The first-order chi connectivity index (χ1) is 10.4. The molecule has 2 heterocycles. The Balaban J connectivity index is 1.84. The third-order valence-corrected chi connectivity index (χ3v) is 3.91. The van der Waals surface area contributed by atoms with Crippen LogP contribution in [-0.4, -0.2) is 78.4 Å². The number of carbonyl (C=O) groups excluding carboxylic acids is 4. The molecule has 0 saturated carbocycles. The molecule has 8 nitrogen and oxygen atoms in total. The summed E-state index contributed by atoms with van der Waals surface area (Å²) < 4.78 is 0. The zero-order valence-electron chi connectivity index (χ0n) is 12.8. The van der Waals surface area contributed by atoms with Gasteiger partial charge in [-0.05, 0) is 12.8 Å². The van der Waals surface area contributed by atoms with Crippen LogP contribution in [-0.2, 0) is 14.4 Å². The van der Waals surface area contributed by atoms with Crippen LogP contribution >= 0.6 is 0 Å². The third-order valence-electron chi connectivity index (χ3n) is 3.91. The van der Waals surface area contributed by atoms with E-state index >= 15 is 0 Å². The SMILES string of the molecule is CN1C(=O)C(C=NCCCN2CCCC2=O)C(=O)N(C)C1=O. The second kappa shape index (κ2) is 6.67. The molecule has 120 valence electrons. The Kier molecular flexibility index (Phi) is 4.89. The lowest BCUT2D eigenvalue weighted by Crippen LogP contribution is -2.57. The fourth-order valence-electron chi connectivity index (χ4n) is 2.54. The number of hydrogen-bond donors (Lipinski definition) is 0. The highest BCUT2D eigenvalue weighted by Crippen LogP contribution is 2.14. The van der Waals surface area contributed by atoms with E-state index in [0.29, 0.717) is 25.9 Å². The van der Waals surface area contributed by atoms with Crippen LogP contribution in [0, 0.1) is 5.92 Å². The monoisotopic (exact) mass is 308 g/mol. The molecule has 0 aliphatic carbocycles. The summed E-state index contributed by atoms with van der Waals surface area (Å²) >= 11 is 0. The van der Waals surface area contributed by atoms with Crippen LogP contribution in [0.2, 0.25) is 0 Å². The summed E-state index contributed by atoms with van der Waals surface area (Å²) in [7, 11) is 2.68. The predicted molar refractivity (Wildman–Crippen MR) is 78.2 cm³/mol. The molecule has 0 bridgehead atoms. The Morgan fingerprint density at radius 3 is 2.32 bits per heavy atom. The van der Waals surface area contributed by atoms with Crippen LogP contribution in [0.4, 0.5) is 4.79 Å². The highest BCUT2D eigenvalue weighted by Gasteiger charge is 2.41. The predicted octanol–water partition coefficient (Wildman–Crippen LogP) is -0.264. The molecule has 0 atom stereocenters. The van der Waals surface area contributed by atoms with E-state index in [1.54, 1.807) is 4.90 Å². The van der Waals surface area contributed by atoms with Crippen molar-refractivity contribution in [3.63, 3.8) is 0 Å². The lowest BCUT2D eigenvalue weighted by atomic mass is 10.1. The second-order valence-electron chi connectivity index (χ2n) is 5.45. The molecule has 2 fully saturated rings. The van der Waals surface area contributed by atoms with Crippen LogP contribution in [0.5, 0.6) is 0 Å². The number of imide groups is 2. The number of nitrogens with zero attached hydrogens (tertiary/aromatic N) is 4. The first-order valence-electron chi connectivity index (χ1n) is 7.30. The maximum atomic E-state index is 11.9. The summed E-state index contributed by atoms with van der Waals surface area (Å²) in [5, 5.41) is 0. The smallest absolute Gasteiger partial charge is 0.332 e. The van der Waals surface area contributed by atoms with E-state index in [1.165, 1.54) is 20.3 Å². The van der Waals surface area contributed by atoms with E-state index in [2.05, 4.69) is 4.99 Å². The van der Waals surface area contributed by atoms with Gasteiger partial charge < -0.3 is 4.90 Å². The molecular weight excluding hydrogens is 288 g/mol. The summed E-state index contributed by atoms with van der Waals surface area (Å²) in [6.07, 6.45) is 3.50. The first-order valence-corrected chi connectivity index (χ1v) is 7.30. The summed E-state index contributed by atoms with van der Waals surface area (Å²) in [5.41, 5.74) is 0. The molecule has 0 radical (unpaired) electrons. The number of hydrogen-bond acceptors (Lipinski definition) is 5. The van der Waals surface area contributed by atoms with Gasteiger partial charge >= 0.3 is 6.03 Å². The zero-order valence-corrected chi connectivity index (χ0v) is 12.8. The van der Waals surface area contributed by atoms with Gasteiger partial charge in [0.15, 0.2) is 5.92 Å². The van der Waals surface area contributed by atoms with Gasteiger partial charge in [0.1, 0.15) is 0 Å². The van der Waals surface area contributed by atoms with Crippen molar-refractivity contribution in [1.82, 2.24) is 14.7 Å². The average molecular weight is 308 g/mol. The Labute approximate surface area is 128 Å². The third kappa shape index (κ3) is 3.15. The van der Waals surface area contributed by atoms with Gasteiger partial charge in [0.2, 0.25) is 17.7 Å². The number of likely N-dealkylation sites (tertiary alicyclic amines) is 1. The number of rotatable bonds is 5.